The lowest BCUT2D eigenvalue weighted by Crippen LogP contribution is -2.55. The highest BCUT2D eigenvalue weighted by Crippen LogP contribution is 2.29. The number of piperazine rings is 1. The Morgan fingerprint density at radius 3 is 2.38 bits per heavy atom. The average molecular weight is 186 g/mol. The summed E-state index contributed by atoms with van der Waals surface area (Å²) in [4.78, 5) is 15.3. The fourth-order valence-corrected chi connectivity index (χ4v) is 2.59. The fourth-order valence-electron chi connectivity index (χ4n) is 2.59. The fraction of sp³-hybridized carbons (Fsp3) is 0.889. The van der Waals surface area contributed by atoms with Gasteiger partial charge in [0.25, 0.3) is 5.91 Å². The predicted molar refractivity (Wildman–Crippen MR) is 47.1 cm³/mol. The van der Waals surface area contributed by atoms with Crippen molar-refractivity contribution in [3.8, 4) is 0 Å². The summed E-state index contributed by atoms with van der Waals surface area (Å²) < 4.78 is 12.2. The largest absolute Gasteiger partial charge is 0.332 e. The lowest BCUT2D eigenvalue weighted by atomic mass is 10.2. The van der Waals surface area contributed by atoms with Crippen molar-refractivity contribution in [3.05, 3.63) is 0 Å². The molecule has 2 rings (SSSR count). The lowest BCUT2D eigenvalue weighted by Gasteiger charge is -2.39. The quantitative estimate of drug-likeness (QED) is 0.586. The molecule has 2 fully saturated rings. The smallest absolute Gasteiger partial charge is 0.254 e. The molecule has 2 aliphatic heterocycles. The molecule has 0 aromatic carbocycles. The van der Waals surface area contributed by atoms with Crippen LogP contribution in [0, 0.1) is 0 Å². The van der Waals surface area contributed by atoms with Crippen molar-refractivity contribution in [2.75, 3.05) is 26.8 Å². The number of rotatable bonds is 1. The first kappa shape index (κ1) is 8.94. The van der Waals surface area contributed by atoms with Crippen LogP contribution >= 0.6 is 0 Å². The number of carbonyl (C=O) groups excluding carboxylic acids is 1. The molecule has 2 bridgehead atoms. The first-order valence-corrected chi connectivity index (χ1v) is 4.78. The molecule has 2 saturated heterocycles. The van der Waals surface area contributed by atoms with Crippen molar-refractivity contribution in [1.82, 2.24) is 9.80 Å². The number of hydrogen-bond donors (Lipinski definition) is 0. The number of hydrogen-bond acceptors (Lipinski definition) is 2. The van der Waals surface area contributed by atoms with Gasteiger partial charge in [-0.25, -0.2) is 4.39 Å². The van der Waals surface area contributed by atoms with Gasteiger partial charge < -0.3 is 9.80 Å². The van der Waals surface area contributed by atoms with Gasteiger partial charge in [0, 0.05) is 25.2 Å². The Morgan fingerprint density at radius 1 is 1.38 bits per heavy atom. The van der Waals surface area contributed by atoms with E-state index in [-0.39, 0.29) is 18.0 Å². The Hall–Kier alpha value is -0.640. The molecule has 0 aromatic heterocycles. The number of halogens is 1. The van der Waals surface area contributed by atoms with Crippen LogP contribution in [0.3, 0.4) is 0 Å². The molecule has 0 aliphatic carbocycles. The Labute approximate surface area is 77.5 Å². The minimum absolute atomic E-state index is 0.270. The van der Waals surface area contributed by atoms with Crippen LogP contribution in [0.5, 0.6) is 0 Å². The highest BCUT2D eigenvalue weighted by molar-refractivity contribution is 5.78. The molecule has 4 heteroatoms. The number of carbonyl (C=O) groups is 1. The van der Waals surface area contributed by atoms with Gasteiger partial charge in [0.1, 0.15) is 0 Å². The van der Waals surface area contributed by atoms with Gasteiger partial charge >= 0.3 is 0 Å². The van der Waals surface area contributed by atoms with E-state index >= 15 is 0 Å². The van der Waals surface area contributed by atoms with Gasteiger partial charge in [0.2, 0.25) is 0 Å². The molecule has 2 aliphatic rings. The van der Waals surface area contributed by atoms with Crippen LogP contribution in [0.25, 0.3) is 0 Å². The highest BCUT2D eigenvalue weighted by Gasteiger charge is 2.41. The number of likely N-dealkylation sites (N-methyl/N-ethyl adjacent to an activating group) is 1. The van der Waals surface area contributed by atoms with E-state index in [0.717, 1.165) is 25.9 Å². The third-order valence-corrected chi connectivity index (χ3v) is 3.07. The van der Waals surface area contributed by atoms with Crippen LogP contribution in [0.1, 0.15) is 12.8 Å². The monoisotopic (exact) mass is 186 g/mol. The van der Waals surface area contributed by atoms with Crippen molar-refractivity contribution in [1.29, 1.82) is 0 Å². The second-order valence-corrected chi connectivity index (χ2v) is 4.04. The van der Waals surface area contributed by atoms with Crippen LogP contribution < -0.4 is 0 Å². The molecule has 2 atom stereocenters. The van der Waals surface area contributed by atoms with Crippen LogP contribution in [0.2, 0.25) is 0 Å². The zero-order valence-corrected chi connectivity index (χ0v) is 7.87. The van der Waals surface area contributed by atoms with E-state index in [1.54, 1.807) is 4.90 Å². The maximum Gasteiger partial charge on any atom is 0.254 e. The minimum atomic E-state index is -0.837. The van der Waals surface area contributed by atoms with Crippen LogP contribution in [0.4, 0.5) is 4.39 Å². The average Bonchev–Trinajstić information content (AvgIpc) is 2.37. The summed E-state index contributed by atoms with van der Waals surface area (Å²) in [5, 5.41) is 0. The van der Waals surface area contributed by atoms with Gasteiger partial charge in [-0.2, -0.15) is 0 Å². The van der Waals surface area contributed by atoms with E-state index in [4.69, 9.17) is 0 Å². The SMILES string of the molecule is CN1CC2CCC(C1)N2C(=O)CF. The van der Waals surface area contributed by atoms with E-state index in [1.165, 1.54) is 0 Å². The Balaban J connectivity index is 2.10. The first-order chi connectivity index (χ1) is 6.22. The Kier molecular flexibility index (Phi) is 2.24. The second-order valence-electron chi connectivity index (χ2n) is 4.04. The summed E-state index contributed by atoms with van der Waals surface area (Å²) in [5.41, 5.74) is 0. The molecule has 3 nitrogen and oxygen atoms in total. The van der Waals surface area contributed by atoms with Gasteiger partial charge in [-0.15, -0.1) is 0 Å². The van der Waals surface area contributed by atoms with Crippen molar-refractivity contribution in [3.63, 3.8) is 0 Å². The Morgan fingerprint density at radius 2 is 1.92 bits per heavy atom. The summed E-state index contributed by atoms with van der Waals surface area (Å²) >= 11 is 0. The molecule has 0 N–H and O–H groups in total. The van der Waals surface area contributed by atoms with E-state index in [9.17, 15) is 9.18 Å². The second kappa shape index (κ2) is 3.25. The number of likely N-dealkylation sites (tertiary alicyclic amines) is 1. The number of alkyl halides is 1. The third kappa shape index (κ3) is 1.43. The zero-order chi connectivity index (χ0) is 9.42. The van der Waals surface area contributed by atoms with Gasteiger partial charge in [-0.05, 0) is 19.9 Å². The van der Waals surface area contributed by atoms with Crippen molar-refractivity contribution >= 4 is 5.91 Å². The van der Waals surface area contributed by atoms with E-state index in [0.29, 0.717) is 0 Å². The van der Waals surface area contributed by atoms with Crippen LogP contribution in [-0.4, -0.2) is 54.6 Å². The van der Waals surface area contributed by atoms with Gasteiger partial charge in [0.15, 0.2) is 6.67 Å². The third-order valence-electron chi connectivity index (χ3n) is 3.07. The van der Waals surface area contributed by atoms with Crippen molar-refractivity contribution in [2.24, 2.45) is 0 Å². The molecule has 2 heterocycles. The normalized spacial score (nSPS) is 33.8. The topological polar surface area (TPSA) is 23.6 Å². The molecule has 2 unspecified atom stereocenters. The maximum atomic E-state index is 12.2. The molecule has 0 spiro atoms. The summed E-state index contributed by atoms with van der Waals surface area (Å²) in [5.74, 6) is -0.319. The lowest BCUT2D eigenvalue weighted by molar-refractivity contribution is -0.137. The molecule has 0 radical (unpaired) electrons. The molecule has 13 heavy (non-hydrogen) atoms. The molecule has 0 saturated carbocycles. The van der Waals surface area contributed by atoms with E-state index in [1.807, 2.05) is 0 Å². The maximum absolute atomic E-state index is 12.2. The van der Waals surface area contributed by atoms with E-state index in [2.05, 4.69) is 11.9 Å². The number of amides is 1. The standard InChI is InChI=1S/C9H15FN2O/c1-11-5-7-2-3-8(6-11)12(7)9(13)4-10/h7-8H,2-6H2,1H3. The summed E-state index contributed by atoms with van der Waals surface area (Å²) in [6, 6.07) is 0.541. The number of nitrogens with zero attached hydrogens (tertiary/aromatic N) is 2. The Bertz CT molecular complexity index is 208. The summed E-state index contributed by atoms with van der Waals surface area (Å²) in [6.45, 7) is 0.973. The summed E-state index contributed by atoms with van der Waals surface area (Å²) in [7, 11) is 2.06. The molecule has 74 valence electrons. The molecule has 1 amide bonds. The van der Waals surface area contributed by atoms with Crippen LogP contribution in [0.15, 0.2) is 0 Å². The van der Waals surface area contributed by atoms with Gasteiger partial charge in [-0.3, -0.25) is 4.79 Å². The van der Waals surface area contributed by atoms with Gasteiger partial charge in [-0.1, -0.05) is 0 Å². The van der Waals surface area contributed by atoms with Gasteiger partial charge in [0.05, 0.1) is 0 Å². The van der Waals surface area contributed by atoms with Crippen molar-refractivity contribution in [2.45, 2.75) is 24.9 Å². The zero-order valence-electron chi connectivity index (χ0n) is 7.87. The predicted octanol–water partition coefficient (Wildman–Crippen LogP) is 0.261. The summed E-state index contributed by atoms with van der Waals surface area (Å²) in [6.07, 6.45) is 2.08. The van der Waals surface area contributed by atoms with E-state index < -0.39 is 6.67 Å². The number of fused-ring (bicyclic) bond motifs is 2. The molecular formula is C9H15FN2O. The first-order valence-electron chi connectivity index (χ1n) is 4.78. The molecule has 0 aromatic rings. The molecular weight excluding hydrogens is 171 g/mol. The van der Waals surface area contributed by atoms with Crippen LogP contribution in [-0.2, 0) is 4.79 Å². The van der Waals surface area contributed by atoms with Crippen molar-refractivity contribution < 1.29 is 9.18 Å². The highest BCUT2D eigenvalue weighted by atomic mass is 19.1. The minimum Gasteiger partial charge on any atom is -0.332 e.